The lowest BCUT2D eigenvalue weighted by Crippen LogP contribution is -2.58. The molecule has 0 unspecified atom stereocenters. The number of hydrogen-bond donors (Lipinski definition) is 2. The summed E-state index contributed by atoms with van der Waals surface area (Å²) in [7, 11) is 1.76. The van der Waals surface area contributed by atoms with E-state index < -0.39 is 11.6 Å². The van der Waals surface area contributed by atoms with E-state index in [0.29, 0.717) is 17.9 Å². The molecule has 1 fully saturated rings. The highest BCUT2D eigenvalue weighted by atomic mass is 35.5. The van der Waals surface area contributed by atoms with E-state index in [9.17, 15) is 9.90 Å². The summed E-state index contributed by atoms with van der Waals surface area (Å²) in [6.45, 7) is 6.44. The van der Waals surface area contributed by atoms with E-state index in [1.807, 2.05) is 18.2 Å². The van der Waals surface area contributed by atoms with Crippen molar-refractivity contribution >= 4 is 17.4 Å². The normalized spacial score (nSPS) is 30.5. The highest BCUT2D eigenvalue weighted by molar-refractivity contribution is 6.31. The van der Waals surface area contributed by atoms with Gasteiger partial charge in [-0.2, -0.15) is 0 Å². The second kappa shape index (κ2) is 5.71. The molecule has 0 bridgehead atoms. The van der Waals surface area contributed by atoms with Crippen LogP contribution in [-0.4, -0.2) is 24.0 Å². The summed E-state index contributed by atoms with van der Waals surface area (Å²) in [6.07, 6.45) is 0.203. The van der Waals surface area contributed by atoms with Gasteiger partial charge in [-0.15, -0.1) is 0 Å². The average Bonchev–Trinajstić information content (AvgIpc) is 2.41. The first-order valence-corrected chi connectivity index (χ1v) is 7.76. The van der Waals surface area contributed by atoms with E-state index >= 15 is 0 Å². The maximum absolute atomic E-state index is 12.7. The first-order valence-electron chi connectivity index (χ1n) is 7.38. The zero-order chi connectivity index (χ0) is 15.8. The number of carbonyl (C=O) groups excluding carboxylic acids is 1. The van der Waals surface area contributed by atoms with Gasteiger partial charge in [-0.3, -0.25) is 4.79 Å². The van der Waals surface area contributed by atoms with Crippen molar-refractivity contribution in [1.82, 2.24) is 5.32 Å². The Morgan fingerprint density at radius 2 is 1.95 bits per heavy atom. The van der Waals surface area contributed by atoms with Crippen LogP contribution in [0.4, 0.5) is 0 Å². The molecule has 3 atom stereocenters. The van der Waals surface area contributed by atoms with E-state index in [2.05, 4.69) is 26.1 Å². The van der Waals surface area contributed by atoms with Gasteiger partial charge in [0.1, 0.15) is 11.6 Å². The maximum Gasteiger partial charge on any atom is 0.185 e. The SMILES string of the molecule is CN[C@]1(c2ccccc2Cl)C[C@@H](C(C)(C)C)C[C@H](O)C1=O. The minimum atomic E-state index is -0.952. The molecule has 21 heavy (non-hydrogen) atoms. The number of carbonyl (C=O) groups is 1. The van der Waals surface area contributed by atoms with Crippen molar-refractivity contribution in [2.24, 2.45) is 11.3 Å². The minimum absolute atomic E-state index is 0.0189. The summed E-state index contributed by atoms with van der Waals surface area (Å²) in [6, 6.07) is 7.38. The molecule has 1 saturated carbocycles. The van der Waals surface area contributed by atoms with Crippen LogP contribution in [0.25, 0.3) is 0 Å². The molecule has 1 aliphatic rings. The smallest absolute Gasteiger partial charge is 0.185 e. The van der Waals surface area contributed by atoms with Gasteiger partial charge in [0.15, 0.2) is 5.78 Å². The summed E-state index contributed by atoms with van der Waals surface area (Å²) < 4.78 is 0. The molecule has 0 aliphatic heterocycles. The van der Waals surface area contributed by atoms with E-state index in [1.54, 1.807) is 13.1 Å². The number of nitrogens with one attached hydrogen (secondary N) is 1. The van der Waals surface area contributed by atoms with Gasteiger partial charge in [0, 0.05) is 5.02 Å². The summed E-state index contributed by atoms with van der Waals surface area (Å²) >= 11 is 6.33. The number of aliphatic hydroxyl groups excluding tert-OH is 1. The van der Waals surface area contributed by atoms with Crippen LogP contribution in [-0.2, 0) is 10.3 Å². The molecule has 0 saturated heterocycles. The van der Waals surface area contributed by atoms with E-state index in [0.717, 1.165) is 5.56 Å². The highest BCUT2D eigenvalue weighted by Crippen LogP contribution is 2.46. The molecule has 3 nitrogen and oxygen atoms in total. The average molecular weight is 310 g/mol. The molecule has 0 aromatic heterocycles. The van der Waals surface area contributed by atoms with Gasteiger partial charge >= 0.3 is 0 Å². The number of hydrogen-bond acceptors (Lipinski definition) is 3. The van der Waals surface area contributed by atoms with Crippen LogP contribution in [0.15, 0.2) is 24.3 Å². The monoisotopic (exact) mass is 309 g/mol. The van der Waals surface area contributed by atoms with Crippen molar-refractivity contribution in [3.8, 4) is 0 Å². The first kappa shape index (κ1) is 16.5. The summed E-state index contributed by atoms with van der Waals surface area (Å²) in [5.74, 6) is 0.0486. The number of likely N-dealkylation sites (N-methyl/N-ethyl adjacent to an activating group) is 1. The second-order valence-corrected chi connectivity index (χ2v) is 7.43. The quantitative estimate of drug-likeness (QED) is 0.882. The van der Waals surface area contributed by atoms with Gasteiger partial charge < -0.3 is 10.4 Å². The molecule has 0 radical (unpaired) electrons. The number of aliphatic hydroxyl groups is 1. The summed E-state index contributed by atoms with van der Waals surface area (Å²) in [5, 5.41) is 14.0. The Morgan fingerprint density at radius 3 is 2.48 bits per heavy atom. The predicted octanol–water partition coefficient (Wildman–Crippen LogP) is 3.14. The number of rotatable bonds is 2. The van der Waals surface area contributed by atoms with Gasteiger partial charge in [-0.25, -0.2) is 0 Å². The van der Waals surface area contributed by atoms with Gasteiger partial charge in [0.25, 0.3) is 0 Å². The fourth-order valence-corrected chi connectivity index (χ4v) is 3.58. The van der Waals surface area contributed by atoms with Crippen molar-refractivity contribution in [2.75, 3.05) is 7.05 Å². The van der Waals surface area contributed by atoms with Crippen molar-refractivity contribution in [3.05, 3.63) is 34.9 Å². The minimum Gasteiger partial charge on any atom is -0.385 e. The molecule has 1 aromatic carbocycles. The third kappa shape index (κ3) is 2.87. The summed E-state index contributed by atoms with van der Waals surface area (Å²) in [5.41, 5.74) is -0.133. The van der Waals surface area contributed by atoms with Gasteiger partial charge in [0.05, 0.1) is 0 Å². The molecular weight excluding hydrogens is 286 g/mol. The van der Waals surface area contributed by atoms with Crippen LogP contribution in [0.5, 0.6) is 0 Å². The van der Waals surface area contributed by atoms with Crippen molar-refractivity contribution < 1.29 is 9.90 Å². The molecule has 0 spiro atoms. The number of benzene rings is 1. The predicted molar refractivity (Wildman–Crippen MR) is 85.4 cm³/mol. The zero-order valence-electron chi connectivity index (χ0n) is 13.1. The molecule has 0 amide bonds. The lowest BCUT2D eigenvalue weighted by Gasteiger charge is -2.46. The Morgan fingerprint density at radius 1 is 1.33 bits per heavy atom. The third-order valence-corrected chi connectivity index (χ3v) is 5.10. The number of ketones is 1. The van der Waals surface area contributed by atoms with Crippen LogP contribution in [0.3, 0.4) is 0 Å². The van der Waals surface area contributed by atoms with E-state index in [4.69, 9.17) is 11.6 Å². The lowest BCUT2D eigenvalue weighted by atomic mass is 9.63. The molecule has 2 N–H and O–H groups in total. The Bertz CT molecular complexity index is 538. The molecule has 1 aliphatic carbocycles. The Labute approximate surface area is 131 Å². The van der Waals surface area contributed by atoms with Crippen molar-refractivity contribution in [2.45, 2.75) is 45.3 Å². The first-order chi connectivity index (χ1) is 9.72. The molecule has 2 rings (SSSR count). The van der Waals surface area contributed by atoms with Crippen LogP contribution in [0.1, 0.15) is 39.2 Å². The van der Waals surface area contributed by atoms with Crippen LogP contribution < -0.4 is 5.32 Å². The van der Waals surface area contributed by atoms with Gasteiger partial charge in [-0.05, 0) is 42.9 Å². The molecule has 116 valence electrons. The zero-order valence-corrected chi connectivity index (χ0v) is 13.9. The Hall–Kier alpha value is -0.900. The fourth-order valence-electron chi connectivity index (χ4n) is 3.28. The van der Waals surface area contributed by atoms with Crippen molar-refractivity contribution in [3.63, 3.8) is 0 Å². The largest absolute Gasteiger partial charge is 0.385 e. The fraction of sp³-hybridized carbons (Fsp3) is 0.588. The second-order valence-electron chi connectivity index (χ2n) is 7.02. The van der Waals surface area contributed by atoms with E-state index in [-0.39, 0.29) is 17.1 Å². The molecule has 4 heteroatoms. The molecular formula is C17H24ClNO2. The van der Waals surface area contributed by atoms with Crippen LogP contribution in [0, 0.1) is 11.3 Å². The van der Waals surface area contributed by atoms with Crippen LogP contribution in [0.2, 0.25) is 5.02 Å². The lowest BCUT2D eigenvalue weighted by molar-refractivity contribution is -0.141. The maximum atomic E-state index is 12.7. The highest BCUT2D eigenvalue weighted by Gasteiger charge is 2.51. The van der Waals surface area contributed by atoms with E-state index in [1.165, 1.54) is 0 Å². The van der Waals surface area contributed by atoms with Crippen molar-refractivity contribution in [1.29, 1.82) is 0 Å². The molecule has 1 aromatic rings. The van der Waals surface area contributed by atoms with Gasteiger partial charge in [0.2, 0.25) is 0 Å². The van der Waals surface area contributed by atoms with Crippen LogP contribution >= 0.6 is 11.6 Å². The topological polar surface area (TPSA) is 49.3 Å². The third-order valence-electron chi connectivity index (χ3n) is 4.77. The number of Topliss-reactive ketones (excluding diaryl/α,β-unsaturated/α-hetero) is 1. The molecule has 0 heterocycles. The number of halogens is 1. The Kier molecular flexibility index (Phi) is 4.48. The standard InChI is InChI=1S/C17H24ClNO2/c1-16(2,3)11-9-14(20)15(21)17(10-11,19-4)12-7-5-6-8-13(12)18/h5-8,11,14,19-20H,9-10H2,1-4H3/t11-,14-,17-/m0/s1. The Balaban J connectivity index is 2.54. The van der Waals surface area contributed by atoms with Gasteiger partial charge in [-0.1, -0.05) is 50.6 Å². The summed E-state index contributed by atoms with van der Waals surface area (Å²) in [4.78, 5) is 12.7.